The number of carbonyl (C=O) groups is 2. The summed E-state index contributed by atoms with van der Waals surface area (Å²) in [4.78, 5) is 26.4. The average molecular weight is 324 g/mol. The van der Waals surface area contributed by atoms with Gasteiger partial charge in [0.05, 0.1) is 11.4 Å². The molecule has 1 aromatic heterocycles. The molecule has 2 heterocycles. The number of Topliss-reactive ketones (excluding diaryl/α,β-unsaturated/α-hetero) is 1. The first-order valence-corrected chi connectivity index (χ1v) is 8.48. The van der Waals surface area contributed by atoms with E-state index >= 15 is 0 Å². The topological polar surface area (TPSA) is 58.6 Å². The van der Waals surface area contributed by atoms with Crippen LogP contribution < -0.4 is 5.32 Å². The lowest BCUT2D eigenvalue weighted by Gasteiger charge is -2.24. The number of hydrogen-bond acceptors (Lipinski definition) is 5. The third-order valence-electron chi connectivity index (χ3n) is 3.45. The molecule has 0 saturated carbocycles. The van der Waals surface area contributed by atoms with Gasteiger partial charge in [-0.15, -0.1) is 11.3 Å². The van der Waals surface area contributed by atoms with E-state index in [0.717, 1.165) is 24.4 Å². The SMILES string of the molecule is CC(C)(C)OC(=O)N1CC[C@@H](CNCC(=O)c2cccs2)C1. The van der Waals surface area contributed by atoms with Gasteiger partial charge in [-0.1, -0.05) is 6.07 Å². The number of nitrogens with zero attached hydrogens (tertiary/aromatic N) is 1. The Morgan fingerprint density at radius 2 is 2.23 bits per heavy atom. The van der Waals surface area contributed by atoms with Gasteiger partial charge in [0.15, 0.2) is 5.78 Å². The molecule has 1 saturated heterocycles. The predicted octanol–water partition coefficient (Wildman–Crippen LogP) is 2.78. The van der Waals surface area contributed by atoms with Crippen molar-refractivity contribution in [2.45, 2.75) is 32.8 Å². The van der Waals surface area contributed by atoms with Gasteiger partial charge in [-0.25, -0.2) is 4.79 Å². The summed E-state index contributed by atoms with van der Waals surface area (Å²) < 4.78 is 5.38. The van der Waals surface area contributed by atoms with E-state index in [2.05, 4.69) is 5.32 Å². The Morgan fingerprint density at radius 3 is 2.86 bits per heavy atom. The van der Waals surface area contributed by atoms with Crippen molar-refractivity contribution >= 4 is 23.2 Å². The fourth-order valence-electron chi connectivity index (χ4n) is 2.41. The van der Waals surface area contributed by atoms with Crippen LogP contribution in [0.3, 0.4) is 0 Å². The number of ether oxygens (including phenoxy) is 1. The van der Waals surface area contributed by atoms with Crippen LogP contribution in [0.25, 0.3) is 0 Å². The molecule has 0 aliphatic carbocycles. The van der Waals surface area contributed by atoms with Crippen LogP contribution in [0.1, 0.15) is 36.9 Å². The molecular weight excluding hydrogens is 300 g/mol. The van der Waals surface area contributed by atoms with E-state index in [-0.39, 0.29) is 11.9 Å². The molecule has 1 N–H and O–H groups in total. The molecule has 2 rings (SSSR count). The first kappa shape index (κ1) is 17.0. The van der Waals surface area contributed by atoms with Gasteiger partial charge in [-0.2, -0.15) is 0 Å². The van der Waals surface area contributed by atoms with Gasteiger partial charge < -0.3 is 15.0 Å². The molecule has 0 aromatic carbocycles. The van der Waals surface area contributed by atoms with E-state index in [1.807, 2.05) is 38.3 Å². The van der Waals surface area contributed by atoms with Crippen molar-refractivity contribution in [1.82, 2.24) is 10.2 Å². The highest BCUT2D eigenvalue weighted by atomic mass is 32.1. The third-order valence-corrected chi connectivity index (χ3v) is 4.36. The standard InChI is InChI=1S/C16H24N2O3S/c1-16(2,3)21-15(20)18-7-6-12(11-18)9-17-10-13(19)14-5-4-8-22-14/h4-5,8,12,17H,6-7,9-11H2,1-3H3/t12-/m0/s1. The number of rotatable bonds is 5. The largest absolute Gasteiger partial charge is 0.444 e. The van der Waals surface area contributed by atoms with Crippen LogP contribution >= 0.6 is 11.3 Å². The minimum atomic E-state index is -0.458. The Morgan fingerprint density at radius 1 is 1.45 bits per heavy atom. The van der Waals surface area contributed by atoms with E-state index in [4.69, 9.17) is 4.74 Å². The molecule has 6 heteroatoms. The number of amides is 1. The monoisotopic (exact) mass is 324 g/mol. The number of thiophene rings is 1. The molecule has 0 spiro atoms. The number of hydrogen-bond donors (Lipinski definition) is 1. The van der Waals surface area contributed by atoms with Crippen LogP contribution in [0.5, 0.6) is 0 Å². The molecule has 22 heavy (non-hydrogen) atoms. The van der Waals surface area contributed by atoms with Gasteiger partial charge in [0.1, 0.15) is 5.60 Å². The maximum Gasteiger partial charge on any atom is 0.410 e. The van der Waals surface area contributed by atoms with Crippen molar-refractivity contribution in [2.75, 3.05) is 26.2 Å². The molecule has 1 aromatic rings. The van der Waals surface area contributed by atoms with E-state index in [9.17, 15) is 9.59 Å². The summed E-state index contributed by atoms with van der Waals surface area (Å²) in [5.41, 5.74) is -0.458. The quantitative estimate of drug-likeness (QED) is 0.846. The summed E-state index contributed by atoms with van der Waals surface area (Å²) in [6, 6.07) is 3.72. The molecule has 1 aliphatic heterocycles. The molecule has 122 valence electrons. The summed E-state index contributed by atoms with van der Waals surface area (Å²) in [5, 5.41) is 5.11. The van der Waals surface area contributed by atoms with Crippen LogP contribution in [0.4, 0.5) is 4.79 Å². The second-order valence-electron chi connectivity index (χ2n) is 6.61. The summed E-state index contributed by atoms with van der Waals surface area (Å²) in [6.45, 7) is 8.12. The van der Waals surface area contributed by atoms with Crippen LogP contribution in [-0.2, 0) is 4.74 Å². The summed E-state index contributed by atoms with van der Waals surface area (Å²) in [7, 11) is 0. The highest BCUT2D eigenvalue weighted by Gasteiger charge is 2.29. The summed E-state index contributed by atoms with van der Waals surface area (Å²) >= 11 is 1.46. The average Bonchev–Trinajstić information content (AvgIpc) is 3.08. The predicted molar refractivity (Wildman–Crippen MR) is 87.4 cm³/mol. The zero-order valence-corrected chi connectivity index (χ0v) is 14.2. The minimum absolute atomic E-state index is 0.122. The molecule has 0 radical (unpaired) electrons. The van der Waals surface area contributed by atoms with Crippen LogP contribution in [0.2, 0.25) is 0 Å². The Balaban J connectivity index is 1.68. The van der Waals surface area contributed by atoms with Crippen LogP contribution in [0, 0.1) is 5.92 Å². The maximum atomic E-state index is 12.0. The van der Waals surface area contributed by atoms with Crippen LogP contribution in [-0.4, -0.2) is 48.6 Å². The zero-order chi connectivity index (χ0) is 16.2. The van der Waals surface area contributed by atoms with Gasteiger partial charge in [-0.05, 0) is 44.6 Å². The first-order chi connectivity index (χ1) is 10.3. The Labute approximate surface area is 135 Å². The lowest BCUT2D eigenvalue weighted by Crippen LogP contribution is -2.36. The molecule has 0 unspecified atom stereocenters. The molecule has 1 atom stereocenters. The zero-order valence-electron chi connectivity index (χ0n) is 13.4. The molecule has 5 nitrogen and oxygen atoms in total. The van der Waals surface area contributed by atoms with E-state index in [1.165, 1.54) is 11.3 Å². The Hall–Kier alpha value is -1.40. The van der Waals surface area contributed by atoms with Gasteiger partial charge in [0.25, 0.3) is 0 Å². The highest BCUT2D eigenvalue weighted by molar-refractivity contribution is 7.12. The molecule has 0 bridgehead atoms. The van der Waals surface area contributed by atoms with Crippen molar-refractivity contribution in [3.8, 4) is 0 Å². The van der Waals surface area contributed by atoms with Crippen molar-refractivity contribution in [1.29, 1.82) is 0 Å². The summed E-state index contributed by atoms with van der Waals surface area (Å²) in [5.74, 6) is 0.501. The van der Waals surface area contributed by atoms with E-state index < -0.39 is 5.60 Å². The number of likely N-dealkylation sites (tertiary alicyclic amines) is 1. The van der Waals surface area contributed by atoms with Gasteiger partial charge >= 0.3 is 6.09 Å². The second-order valence-corrected chi connectivity index (χ2v) is 7.56. The molecular formula is C16H24N2O3S. The number of ketones is 1. The maximum absolute atomic E-state index is 12.0. The lowest BCUT2D eigenvalue weighted by atomic mass is 10.1. The van der Waals surface area contributed by atoms with Gasteiger partial charge in [0.2, 0.25) is 0 Å². The van der Waals surface area contributed by atoms with Crippen molar-refractivity contribution in [3.05, 3.63) is 22.4 Å². The van der Waals surface area contributed by atoms with E-state index in [1.54, 1.807) is 4.90 Å². The smallest absolute Gasteiger partial charge is 0.410 e. The third kappa shape index (κ3) is 5.10. The minimum Gasteiger partial charge on any atom is -0.444 e. The summed E-state index contributed by atoms with van der Waals surface area (Å²) in [6.07, 6.45) is 0.698. The van der Waals surface area contributed by atoms with Crippen molar-refractivity contribution in [3.63, 3.8) is 0 Å². The number of nitrogens with one attached hydrogen (secondary N) is 1. The lowest BCUT2D eigenvalue weighted by molar-refractivity contribution is 0.0288. The fourth-order valence-corrected chi connectivity index (χ4v) is 3.07. The molecule has 1 aliphatic rings. The van der Waals surface area contributed by atoms with Gasteiger partial charge in [-0.3, -0.25) is 4.79 Å². The van der Waals surface area contributed by atoms with E-state index in [0.29, 0.717) is 19.0 Å². The normalized spacial score (nSPS) is 18.5. The molecule has 1 fully saturated rings. The highest BCUT2D eigenvalue weighted by Crippen LogP contribution is 2.19. The number of carbonyl (C=O) groups excluding carboxylic acids is 2. The Bertz CT molecular complexity index is 508. The van der Waals surface area contributed by atoms with Crippen LogP contribution in [0.15, 0.2) is 17.5 Å². The first-order valence-electron chi connectivity index (χ1n) is 7.60. The van der Waals surface area contributed by atoms with Gasteiger partial charge in [0, 0.05) is 19.6 Å². The Kier molecular flexibility index (Phi) is 5.58. The van der Waals surface area contributed by atoms with Crippen molar-refractivity contribution in [2.24, 2.45) is 5.92 Å². The fraction of sp³-hybridized carbons (Fsp3) is 0.625. The molecule has 1 amide bonds. The van der Waals surface area contributed by atoms with Crippen molar-refractivity contribution < 1.29 is 14.3 Å². The second kappa shape index (κ2) is 7.24.